The van der Waals surface area contributed by atoms with Gasteiger partial charge in [0.1, 0.15) is 0 Å². The van der Waals surface area contributed by atoms with E-state index in [9.17, 15) is 22.0 Å². The second kappa shape index (κ2) is 4.46. The monoisotopic (exact) mass is 242 g/mol. The third-order valence-corrected chi connectivity index (χ3v) is 1.28. The summed E-state index contributed by atoms with van der Waals surface area (Å²) in [7, 11) is 0. The predicted octanol–water partition coefficient (Wildman–Crippen LogP) is 4.28. The van der Waals surface area contributed by atoms with Crippen LogP contribution in [0.5, 0.6) is 0 Å². The first kappa shape index (κ1) is 13.0. The summed E-state index contributed by atoms with van der Waals surface area (Å²) < 4.78 is 56.9. The number of alkyl halides is 5. The summed E-state index contributed by atoms with van der Waals surface area (Å²) in [5.41, 5.74) is 0. The van der Waals surface area contributed by atoms with E-state index >= 15 is 0 Å². The van der Waals surface area contributed by atoms with Gasteiger partial charge in [-0.2, -0.15) is 8.78 Å². The quantitative estimate of drug-likeness (QED) is 0.510. The van der Waals surface area contributed by atoms with Gasteiger partial charge in [-0.05, 0) is 6.08 Å². The summed E-state index contributed by atoms with van der Waals surface area (Å²) in [4.78, 5) is 0. The van der Waals surface area contributed by atoms with Crippen LogP contribution in [0.15, 0.2) is 12.2 Å². The minimum absolute atomic E-state index is 0.0144. The molecule has 0 atom stereocenters. The lowest BCUT2D eigenvalue weighted by Crippen LogP contribution is -2.23. The second-order valence-corrected chi connectivity index (χ2v) is 3.74. The molecule has 0 radical (unpaired) electrons. The van der Waals surface area contributed by atoms with Gasteiger partial charge in [-0.15, -0.1) is 0 Å². The molecule has 0 aromatic rings. The van der Waals surface area contributed by atoms with Crippen molar-refractivity contribution in [2.75, 3.05) is 0 Å². The number of halogens is 7. The van der Waals surface area contributed by atoms with Gasteiger partial charge in [0.15, 0.2) is 0 Å². The Bertz CT molecular complexity index is 192. The van der Waals surface area contributed by atoms with Crippen molar-refractivity contribution in [1.29, 1.82) is 0 Å². The maximum absolute atomic E-state index is 12.5. The lowest BCUT2D eigenvalue weighted by Gasteiger charge is -2.17. The van der Waals surface area contributed by atoms with Crippen molar-refractivity contribution in [3.63, 3.8) is 0 Å². The Kier molecular flexibility index (Phi) is 4.45. The van der Waals surface area contributed by atoms with Gasteiger partial charge >= 0.3 is 0 Å². The van der Waals surface area contributed by atoms with E-state index in [0.29, 0.717) is 0 Å². The Hall–Kier alpha value is -0.0300. The molecule has 0 saturated heterocycles. The highest BCUT2D eigenvalue weighted by Gasteiger charge is 2.39. The highest BCUT2D eigenvalue weighted by Crippen LogP contribution is 2.37. The van der Waals surface area contributed by atoms with Gasteiger partial charge in [0.05, 0.1) is 6.42 Å². The third-order valence-electron chi connectivity index (χ3n) is 1.01. The van der Waals surface area contributed by atoms with E-state index < -0.39 is 29.4 Å². The number of hydrogen-bond acceptors (Lipinski definition) is 0. The summed E-state index contributed by atoms with van der Waals surface area (Å²) in [6, 6.07) is 0. The van der Waals surface area contributed by atoms with E-state index in [1.54, 1.807) is 0 Å². The topological polar surface area (TPSA) is 0 Å². The van der Waals surface area contributed by atoms with Crippen LogP contribution in [0.25, 0.3) is 0 Å². The first-order chi connectivity index (χ1) is 5.62. The third kappa shape index (κ3) is 8.30. The fourth-order valence-electron chi connectivity index (χ4n) is 0.592. The molecule has 7 heteroatoms. The molecule has 0 aromatic carbocycles. The molecule has 78 valence electrons. The van der Waals surface area contributed by atoms with Crippen LogP contribution in [0.1, 0.15) is 12.8 Å². The molecule has 13 heavy (non-hydrogen) atoms. The number of hydrogen-bond donors (Lipinski definition) is 0. The Morgan fingerprint density at radius 3 is 1.92 bits per heavy atom. The molecule has 0 N–H and O–H groups in total. The van der Waals surface area contributed by atoms with E-state index in [1.165, 1.54) is 0 Å². The first-order valence-corrected chi connectivity index (χ1v) is 3.84. The van der Waals surface area contributed by atoms with Crippen LogP contribution in [0, 0.1) is 0 Å². The highest BCUT2D eigenvalue weighted by atomic mass is 35.5. The minimum Gasteiger partial charge on any atom is -0.208 e. The lowest BCUT2D eigenvalue weighted by atomic mass is 10.2. The van der Waals surface area contributed by atoms with Crippen molar-refractivity contribution in [1.82, 2.24) is 0 Å². The standard InChI is InChI=1S/C6H5Cl2F5/c7-6(8,13)3-5(11,12)2-1-4(9)10/h1H,2-3H2. The first-order valence-electron chi connectivity index (χ1n) is 3.08. The van der Waals surface area contributed by atoms with E-state index in [1.807, 2.05) is 0 Å². The summed E-state index contributed by atoms with van der Waals surface area (Å²) in [5.74, 6) is -3.68. The van der Waals surface area contributed by atoms with Crippen molar-refractivity contribution in [2.24, 2.45) is 0 Å². The summed E-state index contributed by atoms with van der Waals surface area (Å²) in [5, 5.41) is 0. The van der Waals surface area contributed by atoms with Gasteiger partial charge in [-0.1, -0.05) is 23.2 Å². The molecule has 0 saturated carbocycles. The minimum atomic E-state index is -3.68. The van der Waals surface area contributed by atoms with Crippen molar-refractivity contribution < 1.29 is 22.0 Å². The van der Waals surface area contributed by atoms with Crippen molar-refractivity contribution in [3.05, 3.63) is 12.2 Å². The van der Waals surface area contributed by atoms with Crippen LogP contribution in [-0.4, -0.2) is 10.5 Å². The fourth-order valence-corrected chi connectivity index (χ4v) is 0.983. The van der Waals surface area contributed by atoms with Crippen LogP contribution in [-0.2, 0) is 0 Å². The van der Waals surface area contributed by atoms with Crippen molar-refractivity contribution in [3.8, 4) is 0 Å². The molecule has 0 heterocycles. The number of rotatable bonds is 4. The lowest BCUT2D eigenvalue weighted by molar-refractivity contribution is -0.0210. The second-order valence-electron chi connectivity index (χ2n) is 2.35. The molecular weight excluding hydrogens is 238 g/mol. The zero-order valence-electron chi connectivity index (χ0n) is 6.14. The summed E-state index contributed by atoms with van der Waals surface area (Å²) >= 11 is 9.29. The Morgan fingerprint density at radius 2 is 1.62 bits per heavy atom. The maximum Gasteiger partial charge on any atom is 0.266 e. The molecule has 0 spiro atoms. The average molecular weight is 243 g/mol. The van der Waals surface area contributed by atoms with Gasteiger partial charge < -0.3 is 0 Å². The van der Waals surface area contributed by atoms with E-state index in [0.717, 1.165) is 0 Å². The molecular formula is C6H5Cl2F5. The van der Waals surface area contributed by atoms with Gasteiger partial charge in [0.2, 0.25) is 0 Å². The van der Waals surface area contributed by atoms with Gasteiger partial charge in [-0.25, -0.2) is 13.2 Å². The van der Waals surface area contributed by atoms with E-state index in [-0.39, 0.29) is 6.08 Å². The van der Waals surface area contributed by atoms with Crippen LogP contribution < -0.4 is 0 Å². The highest BCUT2D eigenvalue weighted by molar-refractivity contribution is 6.47. The van der Waals surface area contributed by atoms with Gasteiger partial charge in [0.25, 0.3) is 16.6 Å². The van der Waals surface area contributed by atoms with Crippen molar-refractivity contribution in [2.45, 2.75) is 23.4 Å². The van der Waals surface area contributed by atoms with Crippen LogP contribution in [0.4, 0.5) is 22.0 Å². The van der Waals surface area contributed by atoms with E-state index in [2.05, 4.69) is 23.2 Å². The molecule has 0 aromatic heterocycles. The molecule has 0 rings (SSSR count). The fraction of sp³-hybridized carbons (Fsp3) is 0.667. The van der Waals surface area contributed by atoms with Crippen LogP contribution in [0.3, 0.4) is 0 Å². The van der Waals surface area contributed by atoms with Gasteiger partial charge in [0, 0.05) is 6.42 Å². The van der Waals surface area contributed by atoms with E-state index in [4.69, 9.17) is 0 Å². The zero-order valence-corrected chi connectivity index (χ0v) is 7.65. The summed E-state index contributed by atoms with van der Waals surface area (Å²) in [6.45, 7) is 0. The maximum atomic E-state index is 12.5. The smallest absolute Gasteiger partial charge is 0.208 e. The van der Waals surface area contributed by atoms with Crippen LogP contribution >= 0.6 is 23.2 Å². The zero-order chi connectivity index (χ0) is 10.7. The van der Waals surface area contributed by atoms with Crippen LogP contribution in [0.2, 0.25) is 0 Å². The summed E-state index contributed by atoms with van der Waals surface area (Å²) in [6.07, 6.45) is -5.08. The largest absolute Gasteiger partial charge is 0.266 e. The van der Waals surface area contributed by atoms with Gasteiger partial charge in [-0.3, -0.25) is 0 Å². The Labute approximate surface area is 81.3 Å². The Morgan fingerprint density at radius 1 is 1.15 bits per heavy atom. The molecule has 0 bridgehead atoms. The Balaban J connectivity index is 4.17. The molecule has 0 unspecified atom stereocenters. The predicted molar refractivity (Wildman–Crippen MR) is 40.0 cm³/mol. The average Bonchev–Trinajstić information content (AvgIpc) is 1.78. The number of allylic oxidation sites excluding steroid dienone is 1. The SMILES string of the molecule is FC(F)=CCC(F)(F)CC(F)(Cl)Cl. The molecule has 0 amide bonds. The molecule has 0 aliphatic rings. The molecule has 0 nitrogen and oxygen atoms in total. The molecule has 0 aliphatic carbocycles. The normalized spacial score (nSPS) is 12.8. The molecule has 0 fully saturated rings. The molecule has 0 aliphatic heterocycles. The van der Waals surface area contributed by atoms with Crippen molar-refractivity contribution >= 4 is 23.2 Å².